The summed E-state index contributed by atoms with van der Waals surface area (Å²) in [5.41, 5.74) is 2.26. The number of rotatable bonds is 3. The Kier molecular flexibility index (Phi) is 3.89. The maximum absolute atomic E-state index is 9.76. The Morgan fingerprint density at radius 1 is 0.810 bits per heavy atom. The number of hydrogen-bond acceptors (Lipinski definition) is 1. The van der Waals surface area contributed by atoms with E-state index >= 15 is 0 Å². The molecule has 1 aromatic heterocycles. The van der Waals surface area contributed by atoms with Crippen LogP contribution in [0.5, 0.6) is 5.75 Å². The third-order valence-electron chi connectivity index (χ3n) is 3.41. The van der Waals surface area contributed by atoms with E-state index in [1.165, 1.54) is 0 Å². The largest absolute Gasteiger partial charge is 0.503 e. The fourth-order valence-electron chi connectivity index (χ4n) is 2.46. The van der Waals surface area contributed by atoms with Gasteiger partial charge in [-0.15, -0.1) is 0 Å². The lowest BCUT2D eigenvalue weighted by atomic mass is 9.98. The first kappa shape index (κ1) is 13.7. The van der Waals surface area contributed by atoms with E-state index in [1.807, 2.05) is 59.3 Å². The first-order chi connectivity index (χ1) is 10.2. The predicted molar refractivity (Wildman–Crippen MR) is 83.4 cm³/mol. The van der Waals surface area contributed by atoms with E-state index in [0.717, 1.165) is 11.1 Å². The van der Waals surface area contributed by atoms with E-state index < -0.39 is 0 Å². The van der Waals surface area contributed by atoms with Crippen LogP contribution in [-0.2, 0) is 0 Å². The second kappa shape index (κ2) is 5.98. The lowest BCUT2D eigenvalue weighted by Crippen LogP contribution is -2.39. The molecule has 0 aliphatic carbocycles. The molecule has 0 bridgehead atoms. The number of pyridine rings is 1. The fourth-order valence-corrected chi connectivity index (χ4v) is 2.58. The van der Waals surface area contributed by atoms with E-state index in [2.05, 4.69) is 12.1 Å². The summed E-state index contributed by atoms with van der Waals surface area (Å²) in [5.74, 6) is 0.243. The Bertz CT molecular complexity index is 726. The molecule has 2 nitrogen and oxygen atoms in total. The van der Waals surface area contributed by atoms with Gasteiger partial charge in [0.15, 0.2) is 11.9 Å². The summed E-state index contributed by atoms with van der Waals surface area (Å²) in [6, 6.07) is 21.5. The maximum atomic E-state index is 9.76. The lowest BCUT2D eigenvalue weighted by molar-refractivity contribution is -0.705. The smallest absolute Gasteiger partial charge is 0.211 e. The Hall–Kier alpha value is -2.32. The van der Waals surface area contributed by atoms with Crippen molar-refractivity contribution in [2.45, 2.75) is 6.04 Å². The van der Waals surface area contributed by atoms with Crippen LogP contribution < -0.4 is 4.57 Å². The topological polar surface area (TPSA) is 24.1 Å². The molecule has 1 atom stereocenters. The van der Waals surface area contributed by atoms with Crippen molar-refractivity contribution < 1.29 is 9.67 Å². The zero-order valence-electron chi connectivity index (χ0n) is 11.4. The SMILES string of the molecule is Oc1ccc[n+]([C@@H](c2ccccc2)c2ccc(Cl)cc2)c1. The monoisotopic (exact) mass is 296 g/mol. The van der Waals surface area contributed by atoms with Gasteiger partial charge in [-0.1, -0.05) is 54.1 Å². The maximum Gasteiger partial charge on any atom is 0.211 e. The second-order valence-corrected chi connectivity index (χ2v) is 5.31. The molecule has 1 N–H and O–H groups in total. The summed E-state index contributed by atoms with van der Waals surface area (Å²) in [4.78, 5) is 0. The van der Waals surface area contributed by atoms with Gasteiger partial charge in [-0.3, -0.25) is 0 Å². The first-order valence-electron chi connectivity index (χ1n) is 6.74. The fraction of sp³-hybridized carbons (Fsp3) is 0.0556. The van der Waals surface area contributed by atoms with Crippen LogP contribution >= 0.6 is 11.6 Å². The van der Waals surface area contributed by atoms with E-state index in [9.17, 15) is 5.11 Å². The summed E-state index contributed by atoms with van der Waals surface area (Å²) in [5, 5.41) is 10.5. The molecule has 3 heteroatoms. The Morgan fingerprint density at radius 2 is 1.48 bits per heavy atom. The van der Waals surface area contributed by atoms with Crippen LogP contribution in [0.4, 0.5) is 0 Å². The number of halogens is 1. The van der Waals surface area contributed by atoms with Crippen LogP contribution in [-0.4, -0.2) is 5.11 Å². The molecular formula is C18H15ClNO+. The molecule has 0 saturated heterocycles. The Labute approximate surface area is 128 Å². The van der Waals surface area contributed by atoms with E-state index in [4.69, 9.17) is 11.6 Å². The van der Waals surface area contributed by atoms with E-state index in [1.54, 1.807) is 12.3 Å². The number of aromatic nitrogens is 1. The van der Waals surface area contributed by atoms with Crippen LogP contribution in [0, 0.1) is 0 Å². The van der Waals surface area contributed by atoms with Gasteiger partial charge in [-0.2, -0.15) is 4.57 Å². The minimum absolute atomic E-state index is 0.00410. The molecule has 0 unspecified atom stereocenters. The van der Waals surface area contributed by atoms with Gasteiger partial charge in [-0.25, -0.2) is 0 Å². The van der Waals surface area contributed by atoms with Gasteiger partial charge in [0.1, 0.15) is 0 Å². The molecule has 0 fully saturated rings. The number of benzene rings is 2. The van der Waals surface area contributed by atoms with Crippen molar-refractivity contribution in [1.82, 2.24) is 0 Å². The summed E-state index contributed by atoms with van der Waals surface area (Å²) >= 11 is 5.99. The van der Waals surface area contributed by atoms with Crippen molar-refractivity contribution in [3.8, 4) is 5.75 Å². The summed E-state index contributed by atoms with van der Waals surface area (Å²) < 4.78 is 1.99. The van der Waals surface area contributed by atoms with E-state index in [0.29, 0.717) is 5.02 Å². The molecule has 21 heavy (non-hydrogen) atoms. The van der Waals surface area contributed by atoms with Gasteiger partial charge < -0.3 is 5.11 Å². The molecule has 0 spiro atoms. The zero-order valence-corrected chi connectivity index (χ0v) is 12.1. The van der Waals surface area contributed by atoms with Crippen molar-refractivity contribution in [3.05, 3.63) is 95.3 Å². The van der Waals surface area contributed by atoms with E-state index in [-0.39, 0.29) is 11.8 Å². The van der Waals surface area contributed by atoms with Crippen LogP contribution in [0.2, 0.25) is 5.02 Å². The second-order valence-electron chi connectivity index (χ2n) is 4.87. The minimum atomic E-state index is -0.00410. The molecule has 0 aliphatic rings. The van der Waals surface area contributed by atoms with Gasteiger partial charge >= 0.3 is 0 Å². The average Bonchev–Trinajstić information content (AvgIpc) is 2.51. The molecule has 0 amide bonds. The molecule has 2 aromatic carbocycles. The molecule has 0 saturated carbocycles. The highest BCUT2D eigenvalue weighted by molar-refractivity contribution is 6.30. The van der Waals surface area contributed by atoms with Gasteiger partial charge in [0, 0.05) is 22.2 Å². The highest BCUT2D eigenvalue weighted by Gasteiger charge is 2.23. The van der Waals surface area contributed by atoms with Gasteiger partial charge in [-0.05, 0) is 18.2 Å². The van der Waals surface area contributed by atoms with Gasteiger partial charge in [0.25, 0.3) is 0 Å². The number of hydrogen-bond donors (Lipinski definition) is 1. The number of aromatic hydroxyl groups is 1. The minimum Gasteiger partial charge on any atom is -0.503 e. The Morgan fingerprint density at radius 3 is 2.14 bits per heavy atom. The highest BCUT2D eigenvalue weighted by atomic mass is 35.5. The zero-order chi connectivity index (χ0) is 14.7. The molecule has 0 radical (unpaired) electrons. The lowest BCUT2D eigenvalue weighted by Gasteiger charge is -2.13. The quantitative estimate of drug-likeness (QED) is 0.727. The van der Waals surface area contributed by atoms with Crippen LogP contribution in [0.1, 0.15) is 17.2 Å². The number of nitrogens with zero attached hydrogens (tertiary/aromatic N) is 1. The average molecular weight is 297 g/mol. The summed E-state index contributed by atoms with van der Waals surface area (Å²) in [7, 11) is 0. The van der Waals surface area contributed by atoms with Gasteiger partial charge in [0.05, 0.1) is 0 Å². The molecular weight excluding hydrogens is 282 g/mol. The molecule has 3 aromatic rings. The Balaban J connectivity index is 2.13. The van der Waals surface area contributed by atoms with Crippen LogP contribution in [0.25, 0.3) is 0 Å². The van der Waals surface area contributed by atoms with Crippen LogP contribution in [0.15, 0.2) is 79.1 Å². The molecule has 3 rings (SSSR count). The first-order valence-corrected chi connectivity index (χ1v) is 7.12. The molecule has 104 valence electrons. The van der Waals surface area contributed by atoms with Crippen molar-refractivity contribution in [3.63, 3.8) is 0 Å². The van der Waals surface area contributed by atoms with Crippen LogP contribution in [0.3, 0.4) is 0 Å². The standard InChI is InChI=1S/C18H14ClNO/c19-16-10-8-15(9-11-16)18(14-5-2-1-3-6-14)20-12-4-7-17(21)13-20/h1-13,18H/p+1/t18-/m0/s1. The third-order valence-corrected chi connectivity index (χ3v) is 3.66. The third kappa shape index (κ3) is 3.06. The van der Waals surface area contributed by atoms with Crippen molar-refractivity contribution >= 4 is 11.6 Å². The van der Waals surface area contributed by atoms with Crippen molar-refractivity contribution in [1.29, 1.82) is 0 Å². The summed E-state index contributed by atoms with van der Waals surface area (Å²) in [6.45, 7) is 0. The van der Waals surface area contributed by atoms with Crippen molar-refractivity contribution in [2.75, 3.05) is 0 Å². The molecule has 0 aliphatic heterocycles. The van der Waals surface area contributed by atoms with Gasteiger partial charge in [0.2, 0.25) is 12.2 Å². The molecule has 1 heterocycles. The normalized spacial score (nSPS) is 12.0. The summed E-state index contributed by atoms with van der Waals surface area (Å²) in [6.07, 6.45) is 3.68. The highest BCUT2D eigenvalue weighted by Crippen LogP contribution is 2.23. The predicted octanol–water partition coefficient (Wildman–Crippen LogP) is 3.97. The van der Waals surface area contributed by atoms with Crippen molar-refractivity contribution in [2.24, 2.45) is 0 Å².